The quantitative estimate of drug-likeness (QED) is 0.781. The predicted molar refractivity (Wildman–Crippen MR) is 88.2 cm³/mol. The first-order valence-corrected chi connectivity index (χ1v) is 8.71. The summed E-state index contributed by atoms with van der Waals surface area (Å²) >= 11 is 5.42. The van der Waals surface area contributed by atoms with Gasteiger partial charge in [0, 0.05) is 15.9 Å². The van der Waals surface area contributed by atoms with Crippen LogP contribution in [-0.2, 0) is 0 Å². The molecule has 0 amide bonds. The molecule has 0 saturated heterocycles. The number of thioether (sulfide) groups is 1. The average molecular weight is 339 g/mol. The highest BCUT2D eigenvalue weighted by atomic mass is 79.9. The van der Waals surface area contributed by atoms with Crippen LogP contribution in [0.2, 0.25) is 0 Å². The first-order valence-electron chi connectivity index (χ1n) is 6.93. The van der Waals surface area contributed by atoms with Gasteiger partial charge in [0.2, 0.25) is 0 Å². The van der Waals surface area contributed by atoms with Crippen LogP contribution in [0.15, 0.2) is 27.7 Å². The van der Waals surface area contributed by atoms with Gasteiger partial charge in [-0.2, -0.15) is 0 Å². The molecule has 0 atom stereocenters. The number of rotatable bonds is 1. The van der Waals surface area contributed by atoms with Crippen molar-refractivity contribution in [2.75, 3.05) is 11.1 Å². The molecule has 2 aliphatic rings. The van der Waals surface area contributed by atoms with E-state index >= 15 is 0 Å². The molecule has 19 heavy (non-hydrogen) atoms. The fraction of sp³-hybridized carbons (Fsp3) is 0.533. The molecule has 0 unspecified atom stereocenters. The molecule has 1 aliphatic carbocycles. The number of nitrogens with one attached hydrogen (secondary N) is 1. The zero-order valence-electron chi connectivity index (χ0n) is 11.2. The zero-order chi connectivity index (χ0) is 13.3. The molecular weight excluding hydrogens is 320 g/mol. The van der Waals surface area contributed by atoms with Crippen molar-refractivity contribution in [3.8, 4) is 0 Å². The Kier molecular flexibility index (Phi) is 3.90. The molecule has 1 fully saturated rings. The topological polar surface area (TPSA) is 24.4 Å². The van der Waals surface area contributed by atoms with Crippen LogP contribution >= 0.6 is 27.7 Å². The highest BCUT2D eigenvalue weighted by Crippen LogP contribution is 2.40. The molecular formula is C15H19BrN2S. The van der Waals surface area contributed by atoms with Crippen LogP contribution in [0.4, 0.5) is 5.69 Å². The largest absolute Gasteiger partial charge is 0.335 e. The summed E-state index contributed by atoms with van der Waals surface area (Å²) in [6, 6.07) is 6.36. The van der Waals surface area contributed by atoms with Crippen LogP contribution in [0, 0.1) is 6.92 Å². The summed E-state index contributed by atoms with van der Waals surface area (Å²) in [7, 11) is 0. The molecule has 1 saturated carbocycles. The summed E-state index contributed by atoms with van der Waals surface area (Å²) in [5.41, 5.74) is 2.64. The van der Waals surface area contributed by atoms with Crippen LogP contribution < -0.4 is 5.32 Å². The number of aryl methyl sites for hydroxylation is 1. The minimum Gasteiger partial charge on any atom is -0.335 e. The Morgan fingerprint density at radius 1 is 1.26 bits per heavy atom. The Balaban J connectivity index is 1.73. The SMILES string of the molecule is Cc1cc(NC2=NC3(CCCCC3)CS2)ccc1Br. The molecule has 1 N–H and O–H groups in total. The minimum absolute atomic E-state index is 0.246. The third-order valence-electron chi connectivity index (χ3n) is 4.01. The first kappa shape index (κ1) is 13.5. The second-order valence-corrected chi connectivity index (χ2v) is 7.40. The number of hydrogen-bond acceptors (Lipinski definition) is 3. The summed E-state index contributed by atoms with van der Waals surface area (Å²) in [5, 5.41) is 4.57. The molecule has 1 aliphatic heterocycles. The number of hydrogen-bond donors (Lipinski definition) is 1. The van der Waals surface area contributed by atoms with E-state index in [1.165, 1.54) is 37.7 Å². The van der Waals surface area contributed by atoms with Gasteiger partial charge in [-0.05, 0) is 43.5 Å². The Bertz CT molecular complexity index is 507. The maximum Gasteiger partial charge on any atom is 0.161 e. The van der Waals surface area contributed by atoms with E-state index in [1.807, 2.05) is 11.8 Å². The van der Waals surface area contributed by atoms with Crippen LogP contribution in [0.1, 0.15) is 37.7 Å². The van der Waals surface area contributed by atoms with E-state index in [2.05, 4.69) is 46.4 Å². The van der Waals surface area contributed by atoms with Gasteiger partial charge in [0.05, 0.1) is 5.54 Å². The molecule has 4 heteroatoms. The number of aliphatic imine (C=N–C) groups is 1. The molecule has 3 rings (SSSR count). The van der Waals surface area contributed by atoms with Crippen molar-refractivity contribution in [2.45, 2.75) is 44.6 Å². The van der Waals surface area contributed by atoms with Crippen molar-refractivity contribution in [1.29, 1.82) is 0 Å². The third-order valence-corrected chi connectivity index (χ3v) is 6.05. The normalized spacial score (nSPS) is 21.5. The lowest BCUT2D eigenvalue weighted by Gasteiger charge is -2.29. The van der Waals surface area contributed by atoms with E-state index < -0.39 is 0 Å². The zero-order valence-corrected chi connectivity index (χ0v) is 13.6. The Labute approximate surface area is 127 Å². The van der Waals surface area contributed by atoms with Gasteiger partial charge in [0.25, 0.3) is 0 Å². The second kappa shape index (κ2) is 5.49. The highest BCUT2D eigenvalue weighted by Gasteiger charge is 2.36. The van der Waals surface area contributed by atoms with Crippen LogP contribution in [0.5, 0.6) is 0 Å². The number of benzene rings is 1. The molecule has 102 valence electrons. The van der Waals surface area contributed by atoms with Gasteiger partial charge in [-0.15, -0.1) is 0 Å². The average Bonchev–Trinajstić information content (AvgIpc) is 2.78. The number of amidine groups is 1. The fourth-order valence-corrected chi connectivity index (χ4v) is 4.31. The van der Waals surface area contributed by atoms with E-state index in [0.29, 0.717) is 0 Å². The molecule has 2 nitrogen and oxygen atoms in total. The van der Waals surface area contributed by atoms with Gasteiger partial charge < -0.3 is 5.32 Å². The van der Waals surface area contributed by atoms with Crippen molar-refractivity contribution in [3.05, 3.63) is 28.2 Å². The van der Waals surface area contributed by atoms with Crippen molar-refractivity contribution < 1.29 is 0 Å². The molecule has 1 spiro atoms. The second-order valence-electron chi connectivity index (χ2n) is 5.58. The lowest BCUT2D eigenvalue weighted by molar-refractivity contribution is 0.335. The van der Waals surface area contributed by atoms with Gasteiger partial charge >= 0.3 is 0 Å². The standard InChI is InChI=1S/C15H19BrN2S/c1-11-9-12(5-6-13(11)16)17-14-18-15(10-19-14)7-3-2-4-8-15/h5-6,9H,2-4,7-8,10H2,1H3,(H,17,18). The fourth-order valence-electron chi connectivity index (χ4n) is 2.86. The third kappa shape index (κ3) is 3.00. The van der Waals surface area contributed by atoms with Gasteiger partial charge in [-0.1, -0.05) is 47.0 Å². The predicted octanol–water partition coefficient (Wildman–Crippen LogP) is 4.98. The first-order chi connectivity index (χ1) is 9.17. The van der Waals surface area contributed by atoms with Crippen LogP contribution in [0.3, 0.4) is 0 Å². The number of halogens is 1. The van der Waals surface area contributed by atoms with E-state index in [4.69, 9.17) is 4.99 Å². The summed E-state index contributed by atoms with van der Waals surface area (Å²) in [6.45, 7) is 2.11. The van der Waals surface area contributed by atoms with Crippen molar-refractivity contribution in [1.82, 2.24) is 0 Å². The smallest absolute Gasteiger partial charge is 0.161 e. The van der Waals surface area contributed by atoms with E-state index in [1.54, 1.807) is 0 Å². The van der Waals surface area contributed by atoms with Gasteiger partial charge in [0.15, 0.2) is 5.17 Å². The van der Waals surface area contributed by atoms with Crippen LogP contribution in [0.25, 0.3) is 0 Å². The summed E-state index contributed by atoms with van der Waals surface area (Å²) in [5.74, 6) is 1.16. The molecule has 1 aromatic carbocycles. The van der Waals surface area contributed by atoms with Gasteiger partial charge in [0.1, 0.15) is 0 Å². The molecule has 1 aromatic rings. The molecule has 0 bridgehead atoms. The van der Waals surface area contributed by atoms with E-state index in [0.717, 1.165) is 21.1 Å². The monoisotopic (exact) mass is 338 g/mol. The Hall–Kier alpha value is -0.480. The minimum atomic E-state index is 0.246. The molecule has 1 heterocycles. The van der Waals surface area contributed by atoms with Gasteiger partial charge in [-0.3, -0.25) is 4.99 Å². The lowest BCUT2D eigenvalue weighted by atomic mass is 9.84. The molecule has 0 aromatic heterocycles. The van der Waals surface area contributed by atoms with E-state index in [9.17, 15) is 0 Å². The highest BCUT2D eigenvalue weighted by molar-refractivity contribution is 9.10. The Morgan fingerprint density at radius 2 is 2.05 bits per heavy atom. The summed E-state index contributed by atoms with van der Waals surface area (Å²) in [4.78, 5) is 4.98. The van der Waals surface area contributed by atoms with Crippen molar-refractivity contribution in [2.24, 2.45) is 4.99 Å². The van der Waals surface area contributed by atoms with Crippen LogP contribution in [-0.4, -0.2) is 16.5 Å². The number of nitrogens with zero attached hydrogens (tertiary/aromatic N) is 1. The van der Waals surface area contributed by atoms with E-state index in [-0.39, 0.29) is 5.54 Å². The summed E-state index contributed by atoms with van der Waals surface area (Å²) < 4.78 is 1.16. The maximum atomic E-state index is 4.98. The lowest BCUT2D eigenvalue weighted by Crippen LogP contribution is -2.29. The number of anilines is 1. The Morgan fingerprint density at radius 3 is 2.79 bits per heavy atom. The maximum absolute atomic E-state index is 4.98. The summed E-state index contributed by atoms with van der Waals surface area (Å²) in [6.07, 6.45) is 6.61. The molecule has 0 radical (unpaired) electrons. The van der Waals surface area contributed by atoms with Crippen molar-refractivity contribution >= 4 is 38.5 Å². The van der Waals surface area contributed by atoms with Gasteiger partial charge in [-0.25, -0.2) is 0 Å². The van der Waals surface area contributed by atoms with Crippen molar-refractivity contribution in [3.63, 3.8) is 0 Å².